The van der Waals surface area contributed by atoms with Gasteiger partial charge in [-0.2, -0.15) is 0 Å². The zero-order valence-corrected chi connectivity index (χ0v) is 33.6. The van der Waals surface area contributed by atoms with Crippen molar-refractivity contribution in [3.05, 3.63) is 184 Å². The Bertz CT molecular complexity index is 2910. The van der Waals surface area contributed by atoms with Crippen LogP contribution in [-0.4, -0.2) is 0 Å². The van der Waals surface area contributed by atoms with Crippen LogP contribution in [-0.2, 0) is 16.2 Å². The van der Waals surface area contributed by atoms with E-state index >= 15 is 0 Å². The zero-order chi connectivity index (χ0) is 38.3. The zero-order valence-electron chi connectivity index (χ0n) is 33.6. The van der Waals surface area contributed by atoms with E-state index in [1.54, 1.807) is 5.57 Å². The van der Waals surface area contributed by atoms with Gasteiger partial charge in [-0.1, -0.05) is 139 Å². The molecule has 3 aliphatic heterocycles. The average Bonchev–Trinajstić information content (AvgIpc) is 3.20. The molecule has 7 aromatic rings. The molecule has 1 aliphatic carbocycles. The lowest BCUT2D eigenvalue weighted by molar-refractivity contribution is 0.516. The summed E-state index contributed by atoms with van der Waals surface area (Å²) in [6, 6.07) is 50.4. The first-order valence-electron chi connectivity index (χ1n) is 20.4. The van der Waals surface area contributed by atoms with E-state index in [0.29, 0.717) is 0 Å². The Balaban J connectivity index is 1.16. The normalized spacial score (nSPS) is 17.8. The van der Waals surface area contributed by atoms with Crippen molar-refractivity contribution in [3.63, 3.8) is 0 Å². The summed E-state index contributed by atoms with van der Waals surface area (Å²) in [6.45, 7) is 17.0. The Kier molecular flexibility index (Phi) is 6.79. The molecule has 56 heavy (non-hydrogen) atoms. The van der Waals surface area contributed by atoms with Gasteiger partial charge in [-0.3, -0.25) is 0 Å². The maximum absolute atomic E-state index is 2.71. The Morgan fingerprint density at radius 3 is 1.98 bits per heavy atom. The molecule has 2 heteroatoms. The fourth-order valence-corrected chi connectivity index (χ4v) is 11.0. The molecule has 0 radical (unpaired) electrons. The maximum atomic E-state index is 2.71. The third-order valence-corrected chi connectivity index (χ3v) is 13.9. The molecule has 3 heterocycles. The van der Waals surface area contributed by atoms with Crippen LogP contribution in [0.4, 0.5) is 28.4 Å². The minimum atomic E-state index is -0.185. The van der Waals surface area contributed by atoms with Crippen molar-refractivity contribution in [2.45, 2.75) is 77.6 Å². The van der Waals surface area contributed by atoms with E-state index < -0.39 is 0 Å². The highest BCUT2D eigenvalue weighted by Crippen LogP contribution is 2.66. The van der Waals surface area contributed by atoms with Crippen molar-refractivity contribution < 1.29 is 0 Å². The second-order valence-corrected chi connectivity index (χ2v) is 18.2. The van der Waals surface area contributed by atoms with Crippen LogP contribution in [0.25, 0.3) is 32.7 Å². The van der Waals surface area contributed by atoms with Gasteiger partial charge in [-0.05, 0) is 128 Å². The van der Waals surface area contributed by atoms with Gasteiger partial charge in [-0.25, -0.2) is 0 Å². The van der Waals surface area contributed by atoms with Crippen LogP contribution in [0.5, 0.6) is 0 Å². The van der Waals surface area contributed by atoms with Gasteiger partial charge in [0.15, 0.2) is 0 Å². The quantitative estimate of drug-likeness (QED) is 0.178. The highest BCUT2D eigenvalue weighted by atomic mass is 15.2. The number of rotatable bonds is 4. The monoisotopic (exact) mass is 724 g/mol. The smallest absolute Gasteiger partial charge is 0.0544 e. The van der Waals surface area contributed by atoms with Crippen molar-refractivity contribution >= 4 is 50.0 Å². The number of para-hydroxylation sites is 1. The van der Waals surface area contributed by atoms with E-state index in [2.05, 4.69) is 198 Å². The van der Waals surface area contributed by atoms with Crippen LogP contribution in [0, 0.1) is 6.92 Å². The fourth-order valence-electron chi connectivity index (χ4n) is 11.0. The van der Waals surface area contributed by atoms with Crippen LogP contribution in [0.15, 0.2) is 156 Å². The van der Waals surface area contributed by atoms with Gasteiger partial charge >= 0.3 is 0 Å². The summed E-state index contributed by atoms with van der Waals surface area (Å²) in [5.74, 6) is 0. The number of anilines is 5. The van der Waals surface area contributed by atoms with Gasteiger partial charge in [0, 0.05) is 33.0 Å². The topological polar surface area (TPSA) is 6.48 Å². The largest absolute Gasteiger partial charge is 0.310 e. The molecule has 2 nitrogen and oxygen atoms in total. The molecule has 0 aromatic heterocycles. The molecule has 0 fully saturated rings. The van der Waals surface area contributed by atoms with Gasteiger partial charge in [-0.15, -0.1) is 0 Å². The summed E-state index contributed by atoms with van der Waals surface area (Å²) < 4.78 is 0. The molecule has 4 aliphatic rings. The van der Waals surface area contributed by atoms with Gasteiger partial charge < -0.3 is 9.80 Å². The Hall–Kier alpha value is -5.86. The summed E-state index contributed by atoms with van der Waals surface area (Å²) >= 11 is 0. The summed E-state index contributed by atoms with van der Waals surface area (Å²) in [5, 5.41) is 4.99. The standard InChI is InChI=1S/C54H48N2/c1-33-15-12-18-37(29-33)55(38-26-25-34-16-8-9-17-35(34)30-38)48-28-27-39(40-19-10-11-20-41(40)48)36-31-46-51-47(32-36)54(6,7)45-24-14-22-43-50(45)56(51)49-42(52(43,2)3)21-13-23-44(49)53(46,4)5/h8-13,15-21,23-32H,14,22H2,1-7H3. The third kappa shape index (κ3) is 4.39. The van der Waals surface area contributed by atoms with E-state index in [9.17, 15) is 0 Å². The first-order valence-corrected chi connectivity index (χ1v) is 20.4. The lowest BCUT2D eigenvalue weighted by Gasteiger charge is -2.57. The molecule has 0 saturated carbocycles. The molecule has 0 amide bonds. The van der Waals surface area contributed by atoms with Crippen molar-refractivity contribution in [2.75, 3.05) is 9.80 Å². The summed E-state index contributed by atoms with van der Waals surface area (Å²) in [5.41, 5.74) is 20.1. The lowest BCUT2D eigenvalue weighted by atomic mass is 9.58. The predicted molar refractivity (Wildman–Crippen MR) is 237 cm³/mol. The van der Waals surface area contributed by atoms with Gasteiger partial charge in [0.1, 0.15) is 0 Å². The van der Waals surface area contributed by atoms with Crippen LogP contribution < -0.4 is 9.80 Å². The third-order valence-electron chi connectivity index (χ3n) is 13.9. The van der Waals surface area contributed by atoms with Crippen molar-refractivity contribution in [3.8, 4) is 11.1 Å². The SMILES string of the molecule is Cc1cccc(N(c2ccc3ccccc3c2)c2ccc(-c3cc4c5c(c3)C(C)(C)c3cccc6c3N5C3=C(CCC=C3C4(C)C)C6(C)C)c3ccccc23)c1. The summed E-state index contributed by atoms with van der Waals surface area (Å²) in [7, 11) is 0. The molecule has 0 saturated heterocycles. The minimum Gasteiger partial charge on any atom is -0.310 e. The number of hydrogen-bond acceptors (Lipinski definition) is 2. The molecular weight excluding hydrogens is 677 g/mol. The maximum Gasteiger partial charge on any atom is 0.0544 e. The Morgan fingerprint density at radius 1 is 0.536 bits per heavy atom. The number of fused-ring (bicyclic) bond motifs is 2. The highest BCUT2D eigenvalue weighted by molar-refractivity contribution is 6.07. The Morgan fingerprint density at radius 2 is 1.20 bits per heavy atom. The van der Waals surface area contributed by atoms with Crippen LogP contribution in [0.3, 0.4) is 0 Å². The minimum absolute atomic E-state index is 0.0162. The number of hydrogen-bond donors (Lipinski definition) is 0. The van der Waals surface area contributed by atoms with E-state index in [0.717, 1.165) is 24.2 Å². The van der Waals surface area contributed by atoms with Gasteiger partial charge in [0.2, 0.25) is 0 Å². The number of allylic oxidation sites excluding steroid dienone is 3. The first kappa shape index (κ1) is 33.5. The van der Waals surface area contributed by atoms with Crippen molar-refractivity contribution in [2.24, 2.45) is 0 Å². The molecule has 11 rings (SSSR count). The van der Waals surface area contributed by atoms with E-state index in [1.165, 1.54) is 88.8 Å². The van der Waals surface area contributed by atoms with E-state index in [4.69, 9.17) is 0 Å². The molecular formula is C54H48N2. The van der Waals surface area contributed by atoms with Crippen molar-refractivity contribution in [1.29, 1.82) is 0 Å². The molecule has 0 atom stereocenters. The van der Waals surface area contributed by atoms with Gasteiger partial charge in [0.25, 0.3) is 0 Å². The molecule has 0 bridgehead atoms. The van der Waals surface area contributed by atoms with Crippen molar-refractivity contribution in [1.82, 2.24) is 0 Å². The summed E-state index contributed by atoms with van der Waals surface area (Å²) in [6.07, 6.45) is 4.78. The number of nitrogens with zero attached hydrogens (tertiary/aromatic N) is 2. The predicted octanol–water partition coefficient (Wildman–Crippen LogP) is 14.8. The summed E-state index contributed by atoms with van der Waals surface area (Å²) in [4.78, 5) is 5.16. The molecule has 0 spiro atoms. The highest BCUT2D eigenvalue weighted by Gasteiger charge is 2.53. The fraction of sp³-hybridized carbons (Fsp3) is 0.222. The van der Waals surface area contributed by atoms with Crippen LogP contribution in [0.1, 0.15) is 82.2 Å². The van der Waals surface area contributed by atoms with E-state index in [1.807, 2.05) is 0 Å². The van der Waals surface area contributed by atoms with E-state index in [-0.39, 0.29) is 16.2 Å². The van der Waals surface area contributed by atoms with Crippen LogP contribution in [0.2, 0.25) is 0 Å². The second-order valence-electron chi connectivity index (χ2n) is 18.2. The average molecular weight is 725 g/mol. The molecule has 0 unspecified atom stereocenters. The molecule has 0 N–H and O–H groups in total. The van der Waals surface area contributed by atoms with Gasteiger partial charge in [0.05, 0.1) is 22.8 Å². The van der Waals surface area contributed by atoms with Crippen LogP contribution >= 0.6 is 0 Å². The first-order chi connectivity index (χ1) is 27.0. The second kappa shape index (κ2) is 11.4. The number of benzene rings is 7. The molecule has 7 aromatic carbocycles. The Labute approximate surface area is 331 Å². The number of aryl methyl sites for hydroxylation is 1. The lowest BCUT2D eigenvalue weighted by Crippen LogP contribution is -2.47. The molecule has 274 valence electrons.